The van der Waals surface area contributed by atoms with Crippen molar-refractivity contribution in [2.75, 3.05) is 13.1 Å². The number of hydrogen-bond donors (Lipinski definition) is 0. The van der Waals surface area contributed by atoms with Gasteiger partial charge in [-0.1, -0.05) is 52.0 Å². The number of benzene rings is 1. The molecule has 21 heavy (non-hydrogen) atoms. The Bertz CT molecular complexity index is 507. The lowest BCUT2D eigenvalue weighted by Gasteiger charge is -2.30. The van der Waals surface area contributed by atoms with Crippen LogP contribution >= 0.6 is 0 Å². The fraction of sp³-hybridized carbons (Fsp3) is 0.526. The molecule has 2 heteroatoms. The summed E-state index contributed by atoms with van der Waals surface area (Å²) in [7, 11) is 0. The molecular weight excluding hydrogens is 258 g/mol. The Balaban J connectivity index is 1.99. The summed E-state index contributed by atoms with van der Waals surface area (Å²) >= 11 is 0. The highest BCUT2D eigenvalue weighted by molar-refractivity contribution is 5.91. The molecule has 1 aliphatic rings. The van der Waals surface area contributed by atoms with E-state index in [0.29, 0.717) is 5.92 Å². The standard InChI is InChI=1S/C19H27NO/c1-15-6-5-13-20(14-15)18(21)12-9-16-7-10-17(11-8-16)19(2,3)4/h7-12,15H,5-6,13-14H2,1-4H3/b12-9+. The van der Waals surface area contributed by atoms with Gasteiger partial charge in [-0.3, -0.25) is 4.79 Å². The van der Waals surface area contributed by atoms with Gasteiger partial charge in [0.2, 0.25) is 5.91 Å². The smallest absolute Gasteiger partial charge is 0.246 e. The molecule has 0 spiro atoms. The third-order valence-corrected chi connectivity index (χ3v) is 4.16. The number of rotatable bonds is 2. The minimum Gasteiger partial charge on any atom is -0.339 e. The normalized spacial score (nSPS) is 20.0. The van der Waals surface area contributed by atoms with Crippen LogP contribution in [0.3, 0.4) is 0 Å². The average Bonchev–Trinajstić information content (AvgIpc) is 2.44. The summed E-state index contributed by atoms with van der Waals surface area (Å²) in [5.41, 5.74) is 2.57. The molecule has 1 atom stereocenters. The van der Waals surface area contributed by atoms with Gasteiger partial charge in [0.15, 0.2) is 0 Å². The first-order valence-electron chi connectivity index (χ1n) is 7.94. The van der Waals surface area contributed by atoms with E-state index in [9.17, 15) is 4.79 Å². The number of carbonyl (C=O) groups is 1. The lowest BCUT2D eigenvalue weighted by molar-refractivity contribution is -0.127. The van der Waals surface area contributed by atoms with E-state index in [1.54, 1.807) is 6.08 Å². The van der Waals surface area contributed by atoms with Gasteiger partial charge in [-0.05, 0) is 41.4 Å². The van der Waals surface area contributed by atoms with Gasteiger partial charge >= 0.3 is 0 Å². The molecule has 0 bridgehead atoms. The van der Waals surface area contributed by atoms with Crippen LogP contribution in [0.15, 0.2) is 30.3 Å². The highest BCUT2D eigenvalue weighted by Gasteiger charge is 2.19. The molecule has 1 fully saturated rings. The maximum atomic E-state index is 12.2. The molecule has 0 aromatic heterocycles. The van der Waals surface area contributed by atoms with Crippen molar-refractivity contribution >= 4 is 12.0 Å². The number of hydrogen-bond acceptors (Lipinski definition) is 1. The molecule has 2 nitrogen and oxygen atoms in total. The van der Waals surface area contributed by atoms with E-state index in [4.69, 9.17) is 0 Å². The summed E-state index contributed by atoms with van der Waals surface area (Å²) < 4.78 is 0. The van der Waals surface area contributed by atoms with Crippen molar-refractivity contribution in [1.82, 2.24) is 4.90 Å². The number of likely N-dealkylation sites (tertiary alicyclic amines) is 1. The molecule has 1 heterocycles. The number of nitrogens with zero attached hydrogens (tertiary/aromatic N) is 1. The molecule has 0 aliphatic carbocycles. The molecule has 1 saturated heterocycles. The summed E-state index contributed by atoms with van der Waals surface area (Å²) in [5, 5.41) is 0. The summed E-state index contributed by atoms with van der Waals surface area (Å²) in [6.45, 7) is 10.6. The van der Waals surface area contributed by atoms with Gasteiger partial charge in [0.1, 0.15) is 0 Å². The van der Waals surface area contributed by atoms with Crippen molar-refractivity contribution in [3.05, 3.63) is 41.5 Å². The van der Waals surface area contributed by atoms with Gasteiger partial charge in [0.25, 0.3) is 0 Å². The molecule has 0 saturated carbocycles. The molecule has 0 N–H and O–H groups in total. The minimum absolute atomic E-state index is 0.140. The van der Waals surface area contributed by atoms with Crippen molar-refractivity contribution in [2.45, 2.75) is 46.0 Å². The van der Waals surface area contributed by atoms with Crippen LogP contribution in [0.2, 0.25) is 0 Å². The second-order valence-corrected chi connectivity index (χ2v) is 7.24. The first-order valence-corrected chi connectivity index (χ1v) is 7.94. The van der Waals surface area contributed by atoms with Gasteiger partial charge in [-0.25, -0.2) is 0 Å². The molecular formula is C19H27NO. The van der Waals surface area contributed by atoms with Crippen LogP contribution in [0.25, 0.3) is 6.08 Å². The molecule has 1 aromatic rings. The lowest BCUT2D eigenvalue weighted by atomic mass is 9.87. The quantitative estimate of drug-likeness (QED) is 0.744. The van der Waals surface area contributed by atoms with Crippen molar-refractivity contribution in [2.24, 2.45) is 5.92 Å². The van der Waals surface area contributed by atoms with Crippen LogP contribution in [0, 0.1) is 5.92 Å². The van der Waals surface area contributed by atoms with E-state index in [-0.39, 0.29) is 11.3 Å². The van der Waals surface area contributed by atoms with Gasteiger partial charge in [-0.15, -0.1) is 0 Å². The van der Waals surface area contributed by atoms with E-state index in [2.05, 4.69) is 52.0 Å². The molecule has 1 amide bonds. The third kappa shape index (κ3) is 4.45. The van der Waals surface area contributed by atoms with Crippen LogP contribution in [-0.2, 0) is 10.2 Å². The second-order valence-electron chi connectivity index (χ2n) is 7.24. The van der Waals surface area contributed by atoms with E-state index in [1.807, 2.05) is 11.0 Å². The Labute approximate surface area is 128 Å². The van der Waals surface area contributed by atoms with Crippen molar-refractivity contribution < 1.29 is 4.79 Å². The summed E-state index contributed by atoms with van der Waals surface area (Å²) in [5.74, 6) is 0.767. The monoisotopic (exact) mass is 285 g/mol. The summed E-state index contributed by atoms with van der Waals surface area (Å²) in [4.78, 5) is 14.1. The number of carbonyl (C=O) groups excluding carboxylic acids is 1. The van der Waals surface area contributed by atoms with Crippen LogP contribution in [0.1, 0.15) is 51.7 Å². The number of piperidine rings is 1. The topological polar surface area (TPSA) is 20.3 Å². The van der Waals surface area contributed by atoms with Gasteiger partial charge in [-0.2, -0.15) is 0 Å². The van der Waals surface area contributed by atoms with Crippen molar-refractivity contribution in [1.29, 1.82) is 0 Å². The zero-order chi connectivity index (χ0) is 15.5. The first kappa shape index (κ1) is 15.8. The summed E-state index contributed by atoms with van der Waals surface area (Å²) in [6, 6.07) is 8.46. The van der Waals surface area contributed by atoms with Crippen LogP contribution in [0.5, 0.6) is 0 Å². The van der Waals surface area contributed by atoms with Crippen LogP contribution in [0.4, 0.5) is 0 Å². The van der Waals surface area contributed by atoms with E-state index in [0.717, 1.165) is 25.1 Å². The molecule has 1 unspecified atom stereocenters. The third-order valence-electron chi connectivity index (χ3n) is 4.16. The zero-order valence-corrected chi connectivity index (χ0v) is 13.7. The maximum absolute atomic E-state index is 12.2. The average molecular weight is 285 g/mol. The van der Waals surface area contributed by atoms with Gasteiger partial charge in [0.05, 0.1) is 0 Å². The Morgan fingerprint density at radius 2 is 1.90 bits per heavy atom. The van der Waals surface area contributed by atoms with Crippen molar-refractivity contribution in [3.63, 3.8) is 0 Å². The van der Waals surface area contributed by atoms with E-state index >= 15 is 0 Å². The Morgan fingerprint density at radius 1 is 1.24 bits per heavy atom. The summed E-state index contributed by atoms with van der Waals surface area (Å²) in [6.07, 6.45) is 6.00. The SMILES string of the molecule is CC1CCCN(C(=O)/C=C/c2ccc(C(C)(C)C)cc2)C1. The molecule has 1 aliphatic heterocycles. The van der Waals surface area contributed by atoms with E-state index in [1.165, 1.54) is 12.0 Å². The highest BCUT2D eigenvalue weighted by Crippen LogP contribution is 2.22. The second kappa shape index (κ2) is 6.46. The Morgan fingerprint density at radius 3 is 2.48 bits per heavy atom. The van der Waals surface area contributed by atoms with Gasteiger partial charge in [0, 0.05) is 19.2 Å². The van der Waals surface area contributed by atoms with E-state index < -0.39 is 0 Å². The maximum Gasteiger partial charge on any atom is 0.246 e. The molecule has 0 radical (unpaired) electrons. The highest BCUT2D eigenvalue weighted by atomic mass is 16.2. The number of amides is 1. The fourth-order valence-electron chi connectivity index (χ4n) is 2.76. The predicted octanol–water partition coefficient (Wildman–Crippen LogP) is 4.26. The molecule has 2 rings (SSSR count). The molecule has 1 aromatic carbocycles. The van der Waals surface area contributed by atoms with Gasteiger partial charge < -0.3 is 4.90 Å². The molecule has 114 valence electrons. The largest absolute Gasteiger partial charge is 0.339 e. The lowest BCUT2D eigenvalue weighted by Crippen LogP contribution is -2.38. The Kier molecular flexibility index (Phi) is 4.87. The predicted molar refractivity (Wildman–Crippen MR) is 89.2 cm³/mol. The Hall–Kier alpha value is -1.57. The van der Waals surface area contributed by atoms with Crippen LogP contribution < -0.4 is 0 Å². The van der Waals surface area contributed by atoms with Crippen LogP contribution in [-0.4, -0.2) is 23.9 Å². The zero-order valence-electron chi connectivity index (χ0n) is 13.7. The first-order chi connectivity index (χ1) is 9.86. The minimum atomic E-state index is 0.140. The van der Waals surface area contributed by atoms with Crippen molar-refractivity contribution in [3.8, 4) is 0 Å². The fourth-order valence-corrected chi connectivity index (χ4v) is 2.76.